The first-order chi connectivity index (χ1) is 9.67. The molecule has 1 aromatic heterocycles. The lowest BCUT2D eigenvalue weighted by Gasteiger charge is -2.43. The van der Waals surface area contributed by atoms with E-state index in [0.29, 0.717) is 10.8 Å². The Kier molecular flexibility index (Phi) is 4.13. The van der Waals surface area contributed by atoms with Crippen molar-refractivity contribution >= 4 is 17.4 Å². The molecule has 3 rings (SSSR count). The molecule has 0 bridgehead atoms. The van der Waals surface area contributed by atoms with E-state index in [1.807, 2.05) is 0 Å². The molecule has 1 aliphatic heterocycles. The third-order valence-electron chi connectivity index (χ3n) is 4.41. The second-order valence-corrected chi connectivity index (χ2v) is 6.35. The molecule has 1 saturated heterocycles. The Morgan fingerprint density at radius 2 is 2.15 bits per heavy atom. The average Bonchev–Trinajstić information content (AvgIpc) is 2.43. The van der Waals surface area contributed by atoms with Gasteiger partial charge in [0.15, 0.2) is 11.6 Å². The zero-order valence-electron chi connectivity index (χ0n) is 11.5. The molecule has 1 spiro atoms. The van der Waals surface area contributed by atoms with Crippen molar-refractivity contribution in [1.29, 1.82) is 0 Å². The monoisotopic (exact) mass is 298 g/mol. The zero-order chi connectivity index (χ0) is 14.0. The molecule has 2 fully saturated rings. The minimum atomic E-state index is -0.387. The number of nitrogens with one attached hydrogen (secondary N) is 1. The van der Waals surface area contributed by atoms with Crippen LogP contribution in [0.15, 0.2) is 12.3 Å². The van der Waals surface area contributed by atoms with Gasteiger partial charge in [0.25, 0.3) is 0 Å². The van der Waals surface area contributed by atoms with Gasteiger partial charge in [-0.3, -0.25) is 0 Å². The quantitative estimate of drug-likeness (QED) is 0.890. The molecule has 1 unspecified atom stereocenters. The summed E-state index contributed by atoms with van der Waals surface area (Å²) in [4.78, 5) is 4.05. The number of hydrogen-bond acceptors (Lipinski definition) is 3. The number of nitrogens with zero attached hydrogens (tertiary/aromatic N) is 1. The third kappa shape index (κ3) is 3.07. The number of aromatic nitrogens is 1. The number of pyridine rings is 1. The topological polar surface area (TPSA) is 34.2 Å². The maximum absolute atomic E-state index is 13.8. The molecule has 5 heteroatoms. The lowest BCUT2D eigenvalue weighted by atomic mass is 9.78. The normalized spacial score (nSPS) is 25.6. The summed E-state index contributed by atoms with van der Waals surface area (Å²) in [6.07, 6.45) is 9.34. The zero-order valence-corrected chi connectivity index (χ0v) is 12.3. The van der Waals surface area contributed by atoms with E-state index in [1.165, 1.54) is 31.5 Å². The van der Waals surface area contributed by atoms with E-state index in [9.17, 15) is 4.39 Å². The fourth-order valence-corrected chi connectivity index (χ4v) is 3.55. The van der Waals surface area contributed by atoms with Gasteiger partial charge in [-0.1, -0.05) is 30.9 Å². The van der Waals surface area contributed by atoms with Crippen LogP contribution < -0.4 is 5.32 Å². The second-order valence-electron chi connectivity index (χ2n) is 5.91. The van der Waals surface area contributed by atoms with E-state index in [1.54, 1.807) is 0 Å². The molecule has 110 valence electrons. The van der Waals surface area contributed by atoms with Gasteiger partial charge in [-0.25, -0.2) is 9.37 Å². The van der Waals surface area contributed by atoms with E-state index in [2.05, 4.69) is 10.3 Å². The van der Waals surface area contributed by atoms with Crippen LogP contribution in [0.2, 0.25) is 5.02 Å². The van der Waals surface area contributed by atoms with Gasteiger partial charge in [-0.15, -0.1) is 0 Å². The molecule has 2 heterocycles. The summed E-state index contributed by atoms with van der Waals surface area (Å²) >= 11 is 5.73. The highest BCUT2D eigenvalue weighted by Crippen LogP contribution is 2.39. The van der Waals surface area contributed by atoms with E-state index in [-0.39, 0.29) is 17.5 Å². The van der Waals surface area contributed by atoms with Crippen molar-refractivity contribution in [3.05, 3.63) is 23.1 Å². The Balaban J connectivity index is 1.68. The minimum Gasteiger partial charge on any atom is -0.375 e. The summed E-state index contributed by atoms with van der Waals surface area (Å²) in [6, 6.07) is 1.53. The van der Waals surface area contributed by atoms with Crippen LogP contribution in [0.25, 0.3) is 0 Å². The predicted octanol–water partition coefficient (Wildman–Crippen LogP) is 4.17. The van der Waals surface area contributed by atoms with Crippen LogP contribution in [-0.2, 0) is 4.74 Å². The molecule has 0 amide bonds. The van der Waals surface area contributed by atoms with E-state index < -0.39 is 0 Å². The molecule has 0 radical (unpaired) electrons. The van der Waals surface area contributed by atoms with Crippen LogP contribution in [0.1, 0.15) is 44.9 Å². The molecule has 1 N–H and O–H groups in total. The van der Waals surface area contributed by atoms with Crippen LogP contribution in [0.3, 0.4) is 0 Å². The van der Waals surface area contributed by atoms with Crippen LogP contribution in [-0.4, -0.2) is 23.2 Å². The van der Waals surface area contributed by atoms with E-state index >= 15 is 0 Å². The van der Waals surface area contributed by atoms with Gasteiger partial charge < -0.3 is 10.1 Å². The fourth-order valence-electron chi connectivity index (χ4n) is 3.41. The van der Waals surface area contributed by atoms with Crippen molar-refractivity contribution in [3.8, 4) is 0 Å². The first-order valence-electron chi connectivity index (χ1n) is 7.38. The Labute approximate surface area is 123 Å². The summed E-state index contributed by atoms with van der Waals surface area (Å²) in [7, 11) is 0. The Morgan fingerprint density at radius 3 is 2.90 bits per heavy atom. The highest BCUT2D eigenvalue weighted by Gasteiger charge is 2.38. The highest BCUT2D eigenvalue weighted by atomic mass is 35.5. The second kappa shape index (κ2) is 5.86. The first-order valence-corrected chi connectivity index (χ1v) is 7.76. The number of anilines is 1. The molecule has 1 aromatic rings. The maximum Gasteiger partial charge on any atom is 0.166 e. The molecular formula is C15H20ClFN2O. The summed E-state index contributed by atoms with van der Waals surface area (Å²) in [6.45, 7) is 0.743. The maximum atomic E-state index is 13.8. The summed E-state index contributed by atoms with van der Waals surface area (Å²) in [5, 5.41) is 3.55. The largest absolute Gasteiger partial charge is 0.375 e. The van der Waals surface area contributed by atoms with Gasteiger partial charge in [0.2, 0.25) is 0 Å². The first kappa shape index (κ1) is 14.1. The highest BCUT2D eigenvalue weighted by molar-refractivity contribution is 6.30. The van der Waals surface area contributed by atoms with Crippen molar-refractivity contribution in [1.82, 2.24) is 4.98 Å². The van der Waals surface area contributed by atoms with Gasteiger partial charge in [-0.2, -0.15) is 0 Å². The van der Waals surface area contributed by atoms with Gasteiger partial charge in [0, 0.05) is 18.8 Å². The van der Waals surface area contributed by atoms with Crippen LogP contribution >= 0.6 is 11.6 Å². The van der Waals surface area contributed by atoms with Gasteiger partial charge in [0.05, 0.1) is 10.6 Å². The molecule has 1 atom stereocenters. The molecular weight excluding hydrogens is 279 g/mol. The molecule has 1 aliphatic carbocycles. The van der Waals surface area contributed by atoms with Crippen LogP contribution in [0.4, 0.5) is 10.2 Å². The van der Waals surface area contributed by atoms with Gasteiger partial charge in [-0.05, 0) is 31.7 Å². The number of ether oxygens (including phenoxy) is 1. The fraction of sp³-hybridized carbons (Fsp3) is 0.667. The van der Waals surface area contributed by atoms with Crippen molar-refractivity contribution in [2.75, 3.05) is 11.9 Å². The van der Waals surface area contributed by atoms with Crippen molar-refractivity contribution in [3.63, 3.8) is 0 Å². The average molecular weight is 299 g/mol. The van der Waals surface area contributed by atoms with Gasteiger partial charge >= 0.3 is 0 Å². The molecule has 1 saturated carbocycles. The predicted molar refractivity (Wildman–Crippen MR) is 77.6 cm³/mol. The summed E-state index contributed by atoms with van der Waals surface area (Å²) < 4.78 is 19.8. The molecule has 20 heavy (non-hydrogen) atoms. The molecule has 3 nitrogen and oxygen atoms in total. The standard InChI is InChI=1S/C15H20ClFN2O/c16-11-8-13(17)14(18-10-11)19-12-4-7-20-15(9-12)5-2-1-3-6-15/h8,10,12H,1-7,9H2,(H,18,19). The smallest absolute Gasteiger partial charge is 0.166 e. The van der Waals surface area contributed by atoms with Crippen molar-refractivity contribution in [2.24, 2.45) is 0 Å². The lowest BCUT2D eigenvalue weighted by molar-refractivity contribution is -0.103. The molecule has 2 aliphatic rings. The number of rotatable bonds is 2. The summed E-state index contributed by atoms with van der Waals surface area (Å²) in [5.41, 5.74) is 0.0110. The van der Waals surface area contributed by atoms with Crippen molar-refractivity contribution < 1.29 is 9.13 Å². The van der Waals surface area contributed by atoms with E-state index in [0.717, 1.165) is 32.3 Å². The Bertz CT molecular complexity index is 471. The third-order valence-corrected chi connectivity index (χ3v) is 4.61. The Morgan fingerprint density at radius 1 is 1.35 bits per heavy atom. The van der Waals surface area contributed by atoms with Crippen molar-refractivity contribution in [2.45, 2.75) is 56.6 Å². The number of hydrogen-bond donors (Lipinski definition) is 1. The number of halogens is 2. The van der Waals surface area contributed by atoms with Crippen LogP contribution in [0.5, 0.6) is 0 Å². The van der Waals surface area contributed by atoms with Gasteiger partial charge in [0.1, 0.15) is 0 Å². The molecule has 0 aromatic carbocycles. The summed E-state index contributed by atoms with van der Waals surface area (Å²) in [5.74, 6) is -0.0889. The lowest BCUT2D eigenvalue weighted by Crippen LogP contribution is -2.45. The SMILES string of the molecule is Fc1cc(Cl)cnc1NC1CCOC2(CCCCC2)C1. The van der Waals surface area contributed by atoms with Crippen LogP contribution in [0, 0.1) is 5.82 Å². The Hall–Kier alpha value is -0.870. The van der Waals surface area contributed by atoms with E-state index in [4.69, 9.17) is 16.3 Å². The minimum absolute atomic E-state index is 0.0110.